The van der Waals surface area contributed by atoms with Gasteiger partial charge < -0.3 is 10.5 Å². The Morgan fingerprint density at radius 1 is 1.18 bits per heavy atom. The molecule has 0 aliphatic heterocycles. The van der Waals surface area contributed by atoms with Crippen molar-refractivity contribution in [2.24, 2.45) is 11.1 Å². The van der Waals surface area contributed by atoms with Crippen LogP contribution in [0.25, 0.3) is 0 Å². The van der Waals surface area contributed by atoms with Gasteiger partial charge in [0.1, 0.15) is 5.75 Å². The Morgan fingerprint density at radius 2 is 1.88 bits per heavy atom. The Labute approximate surface area is 104 Å². The Balaban J connectivity index is 2.17. The van der Waals surface area contributed by atoms with Crippen LogP contribution in [0, 0.1) is 5.41 Å². The monoisotopic (exact) mass is 233 g/mol. The van der Waals surface area contributed by atoms with Crippen molar-refractivity contribution in [3.05, 3.63) is 29.8 Å². The number of hydrogen-bond acceptors (Lipinski definition) is 2. The van der Waals surface area contributed by atoms with Crippen LogP contribution in [0.4, 0.5) is 0 Å². The zero-order valence-corrected chi connectivity index (χ0v) is 10.7. The van der Waals surface area contributed by atoms with Crippen molar-refractivity contribution in [1.82, 2.24) is 0 Å². The molecule has 1 aromatic carbocycles. The summed E-state index contributed by atoms with van der Waals surface area (Å²) >= 11 is 0. The summed E-state index contributed by atoms with van der Waals surface area (Å²) in [6.45, 7) is 0.797. The molecule has 1 aliphatic rings. The van der Waals surface area contributed by atoms with E-state index in [1.807, 2.05) is 12.1 Å². The molecule has 0 unspecified atom stereocenters. The molecule has 0 atom stereocenters. The van der Waals surface area contributed by atoms with Gasteiger partial charge in [-0.15, -0.1) is 0 Å². The molecule has 94 valence electrons. The van der Waals surface area contributed by atoms with Crippen LogP contribution in [-0.4, -0.2) is 13.7 Å². The summed E-state index contributed by atoms with van der Waals surface area (Å²) < 4.78 is 5.44. The van der Waals surface area contributed by atoms with Crippen LogP contribution < -0.4 is 10.5 Å². The minimum absolute atomic E-state index is 0.312. The average molecular weight is 233 g/mol. The highest BCUT2D eigenvalue weighted by Crippen LogP contribution is 2.39. The van der Waals surface area contributed by atoms with Crippen LogP contribution in [0.3, 0.4) is 0 Å². The van der Waals surface area contributed by atoms with Crippen molar-refractivity contribution in [3.63, 3.8) is 0 Å². The molecule has 0 spiro atoms. The third-order valence-electron chi connectivity index (χ3n) is 4.11. The van der Waals surface area contributed by atoms with Crippen LogP contribution in [0.1, 0.15) is 37.7 Å². The lowest BCUT2D eigenvalue weighted by Crippen LogP contribution is -2.35. The van der Waals surface area contributed by atoms with Gasteiger partial charge in [0.25, 0.3) is 0 Å². The predicted octanol–water partition coefficient (Wildman–Crippen LogP) is 3.15. The summed E-state index contributed by atoms with van der Waals surface area (Å²) in [7, 11) is 1.74. The molecule has 1 saturated carbocycles. The number of rotatable bonds is 4. The summed E-state index contributed by atoms with van der Waals surface area (Å²) in [4.78, 5) is 0. The largest absolute Gasteiger partial charge is 0.496 e. The molecule has 17 heavy (non-hydrogen) atoms. The Morgan fingerprint density at radius 3 is 2.53 bits per heavy atom. The fourth-order valence-corrected chi connectivity index (χ4v) is 3.01. The zero-order chi connectivity index (χ0) is 12.1. The number of benzene rings is 1. The highest BCUT2D eigenvalue weighted by Gasteiger charge is 2.31. The van der Waals surface area contributed by atoms with Gasteiger partial charge in [-0.25, -0.2) is 0 Å². The first-order valence-electron chi connectivity index (χ1n) is 6.62. The van der Waals surface area contributed by atoms with E-state index in [1.54, 1.807) is 7.11 Å². The summed E-state index contributed by atoms with van der Waals surface area (Å²) in [5.41, 5.74) is 7.66. The standard InChI is InChI=1S/C15H23NO/c1-17-14-8-4-3-7-13(14)11-15(12-16)9-5-2-6-10-15/h3-4,7-8H,2,5-6,9-12,16H2,1H3. The number of ether oxygens (including phenoxy) is 1. The molecule has 2 nitrogen and oxygen atoms in total. The molecule has 0 radical (unpaired) electrons. The minimum atomic E-state index is 0.312. The van der Waals surface area contributed by atoms with E-state index in [0.717, 1.165) is 18.7 Å². The van der Waals surface area contributed by atoms with Gasteiger partial charge in [0, 0.05) is 0 Å². The first-order valence-corrected chi connectivity index (χ1v) is 6.62. The fourth-order valence-electron chi connectivity index (χ4n) is 3.01. The maximum atomic E-state index is 6.04. The second-order valence-electron chi connectivity index (χ2n) is 5.25. The van der Waals surface area contributed by atoms with E-state index < -0.39 is 0 Å². The molecule has 2 N–H and O–H groups in total. The number of para-hydroxylation sites is 1. The topological polar surface area (TPSA) is 35.2 Å². The number of hydrogen-bond donors (Lipinski definition) is 1. The molecular formula is C15H23NO. The van der Waals surface area contributed by atoms with Crippen molar-refractivity contribution in [1.29, 1.82) is 0 Å². The minimum Gasteiger partial charge on any atom is -0.496 e. The van der Waals surface area contributed by atoms with Gasteiger partial charge in [-0.1, -0.05) is 37.5 Å². The predicted molar refractivity (Wildman–Crippen MR) is 71.3 cm³/mol. The maximum Gasteiger partial charge on any atom is 0.122 e. The lowest BCUT2D eigenvalue weighted by Gasteiger charge is -2.36. The molecule has 2 rings (SSSR count). The smallest absolute Gasteiger partial charge is 0.122 e. The Kier molecular flexibility index (Phi) is 4.06. The average Bonchev–Trinajstić information content (AvgIpc) is 2.40. The Bertz CT molecular complexity index is 356. The summed E-state index contributed by atoms with van der Waals surface area (Å²) in [5, 5.41) is 0. The second-order valence-corrected chi connectivity index (χ2v) is 5.25. The number of methoxy groups -OCH3 is 1. The van der Waals surface area contributed by atoms with E-state index in [9.17, 15) is 0 Å². The molecule has 1 aromatic rings. The SMILES string of the molecule is COc1ccccc1CC1(CN)CCCCC1. The van der Waals surface area contributed by atoms with Crippen LogP contribution in [0.2, 0.25) is 0 Å². The van der Waals surface area contributed by atoms with Gasteiger partial charge in [0.15, 0.2) is 0 Å². The Hall–Kier alpha value is -1.02. The zero-order valence-electron chi connectivity index (χ0n) is 10.7. The fraction of sp³-hybridized carbons (Fsp3) is 0.600. The maximum absolute atomic E-state index is 6.04. The van der Waals surface area contributed by atoms with Gasteiger partial charge in [0.2, 0.25) is 0 Å². The molecule has 2 heteroatoms. The van der Waals surface area contributed by atoms with Crippen molar-refractivity contribution >= 4 is 0 Å². The number of nitrogens with two attached hydrogens (primary N) is 1. The molecule has 0 amide bonds. The molecular weight excluding hydrogens is 210 g/mol. The van der Waals surface area contributed by atoms with Crippen LogP contribution in [0.15, 0.2) is 24.3 Å². The van der Waals surface area contributed by atoms with Crippen molar-refractivity contribution in [2.75, 3.05) is 13.7 Å². The lowest BCUT2D eigenvalue weighted by atomic mass is 9.70. The van der Waals surface area contributed by atoms with E-state index in [1.165, 1.54) is 37.7 Å². The van der Waals surface area contributed by atoms with Gasteiger partial charge >= 0.3 is 0 Å². The highest BCUT2D eigenvalue weighted by molar-refractivity contribution is 5.34. The van der Waals surface area contributed by atoms with Gasteiger partial charge in [-0.2, -0.15) is 0 Å². The van der Waals surface area contributed by atoms with Gasteiger partial charge in [-0.05, 0) is 42.9 Å². The summed E-state index contributed by atoms with van der Waals surface area (Å²) in [5.74, 6) is 1.01. The molecule has 0 aromatic heterocycles. The third kappa shape index (κ3) is 2.81. The second kappa shape index (κ2) is 5.54. The third-order valence-corrected chi connectivity index (χ3v) is 4.11. The van der Waals surface area contributed by atoms with E-state index >= 15 is 0 Å². The van der Waals surface area contributed by atoms with Crippen LogP contribution in [0.5, 0.6) is 5.75 Å². The van der Waals surface area contributed by atoms with E-state index in [-0.39, 0.29) is 0 Å². The van der Waals surface area contributed by atoms with Crippen molar-refractivity contribution in [2.45, 2.75) is 38.5 Å². The van der Waals surface area contributed by atoms with Gasteiger partial charge in [-0.3, -0.25) is 0 Å². The van der Waals surface area contributed by atoms with E-state index in [2.05, 4.69) is 12.1 Å². The van der Waals surface area contributed by atoms with Crippen LogP contribution >= 0.6 is 0 Å². The molecule has 1 aliphatic carbocycles. The van der Waals surface area contributed by atoms with Crippen LogP contribution in [-0.2, 0) is 6.42 Å². The highest BCUT2D eigenvalue weighted by atomic mass is 16.5. The summed E-state index contributed by atoms with van der Waals surface area (Å²) in [6.07, 6.45) is 7.61. The first-order chi connectivity index (χ1) is 8.29. The lowest BCUT2D eigenvalue weighted by molar-refractivity contribution is 0.195. The molecule has 0 bridgehead atoms. The first kappa shape index (κ1) is 12.4. The normalized spacial score (nSPS) is 18.9. The molecule has 1 fully saturated rings. The van der Waals surface area contributed by atoms with Crippen molar-refractivity contribution in [3.8, 4) is 5.75 Å². The summed E-state index contributed by atoms with van der Waals surface area (Å²) in [6, 6.07) is 8.33. The van der Waals surface area contributed by atoms with E-state index in [0.29, 0.717) is 5.41 Å². The van der Waals surface area contributed by atoms with E-state index in [4.69, 9.17) is 10.5 Å². The quantitative estimate of drug-likeness (QED) is 0.867. The molecule has 0 heterocycles. The molecule has 0 saturated heterocycles. The van der Waals surface area contributed by atoms with Crippen molar-refractivity contribution < 1.29 is 4.74 Å². The van der Waals surface area contributed by atoms with Gasteiger partial charge in [0.05, 0.1) is 7.11 Å².